The van der Waals surface area contributed by atoms with Crippen molar-refractivity contribution < 1.29 is 80.2 Å². The predicted molar refractivity (Wildman–Crippen MR) is 368 cm³/mol. The van der Waals surface area contributed by atoms with Crippen molar-refractivity contribution in [3.05, 3.63) is 0 Å². The first kappa shape index (κ1) is 89.1. The lowest BCUT2D eigenvalue weighted by Gasteiger charge is -2.21. The van der Waals surface area contributed by atoms with Crippen LogP contribution in [-0.2, 0) is 65.4 Å². The van der Waals surface area contributed by atoms with Crippen LogP contribution in [0.1, 0.15) is 375 Å². The van der Waals surface area contributed by atoms with Gasteiger partial charge in [-0.05, 0) is 31.6 Å². The maximum absolute atomic E-state index is 13.0. The van der Waals surface area contributed by atoms with Gasteiger partial charge in [0.25, 0.3) is 0 Å². The number of rotatable bonds is 72. The van der Waals surface area contributed by atoms with E-state index in [-0.39, 0.29) is 25.7 Å². The minimum Gasteiger partial charge on any atom is -0.462 e. The number of phosphoric ester groups is 2. The van der Waals surface area contributed by atoms with Crippen LogP contribution in [0, 0.1) is 5.92 Å². The van der Waals surface area contributed by atoms with Crippen molar-refractivity contribution in [3.8, 4) is 0 Å². The minimum absolute atomic E-state index is 0.103. The average molecular weight is 1340 g/mol. The van der Waals surface area contributed by atoms with Crippen LogP contribution in [0.2, 0.25) is 0 Å². The third-order valence-electron chi connectivity index (χ3n) is 17.1. The summed E-state index contributed by atoms with van der Waals surface area (Å²) in [5.74, 6) is -1.40. The molecule has 91 heavy (non-hydrogen) atoms. The second kappa shape index (κ2) is 65.4. The zero-order valence-electron chi connectivity index (χ0n) is 59.0. The molecule has 0 aromatic carbocycles. The van der Waals surface area contributed by atoms with Crippen LogP contribution in [-0.4, -0.2) is 96.7 Å². The number of aliphatic hydroxyl groups excluding tert-OH is 1. The summed E-state index contributed by atoms with van der Waals surface area (Å²) in [6.07, 6.45) is 52.7. The Hall–Kier alpha value is -1.94. The number of ether oxygens (including phenoxy) is 4. The van der Waals surface area contributed by atoms with Gasteiger partial charge in [0.15, 0.2) is 12.2 Å². The molecule has 0 amide bonds. The summed E-state index contributed by atoms with van der Waals surface area (Å²) in [5.41, 5.74) is 0. The Morgan fingerprint density at radius 2 is 0.527 bits per heavy atom. The lowest BCUT2D eigenvalue weighted by atomic mass is 10.00. The van der Waals surface area contributed by atoms with Gasteiger partial charge >= 0.3 is 39.5 Å². The van der Waals surface area contributed by atoms with Crippen molar-refractivity contribution in [2.75, 3.05) is 39.6 Å². The van der Waals surface area contributed by atoms with Crippen molar-refractivity contribution in [2.45, 2.75) is 393 Å². The van der Waals surface area contributed by atoms with Gasteiger partial charge < -0.3 is 33.8 Å². The van der Waals surface area contributed by atoms with Crippen molar-refractivity contribution in [3.63, 3.8) is 0 Å². The zero-order chi connectivity index (χ0) is 67.0. The molecule has 0 spiro atoms. The number of hydrogen-bond acceptors (Lipinski definition) is 15. The van der Waals surface area contributed by atoms with Crippen LogP contribution >= 0.6 is 15.6 Å². The molecule has 0 aliphatic heterocycles. The molecule has 0 aliphatic rings. The summed E-state index contributed by atoms with van der Waals surface area (Å²) < 4.78 is 68.3. The summed E-state index contributed by atoms with van der Waals surface area (Å²) in [4.78, 5) is 72.6. The number of carbonyl (C=O) groups excluding carboxylic acids is 4. The Labute approximate surface area is 556 Å². The number of hydrogen-bond donors (Lipinski definition) is 3. The molecule has 0 rings (SSSR count). The SMILES string of the molecule is CCCCCCCCCCCCCCCCCCC(=O)O[C@H](COC(=O)CCCCCCCCCCCCCCCCC)COP(=O)(O)OC[C@@H](O)COP(=O)(O)OC[C@@H](COC(=O)CCCCCCCCCCCC)OC(=O)CCCCCCCCC(C)CC. The molecule has 3 unspecified atom stereocenters. The number of carbonyl (C=O) groups is 4. The topological polar surface area (TPSA) is 237 Å². The Morgan fingerprint density at radius 1 is 0.308 bits per heavy atom. The number of phosphoric acid groups is 2. The molecule has 17 nitrogen and oxygen atoms in total. The molecular formula is C72H140O17P2. The van der Waals surface area contributed by atoms with Crippen molar-refractivity contribution in [1.29, 1.82) is 0 Å². The Bertz CT molecular complexity index is 1760. The quantitative estimate of drug-likeness (QED) is 0.0222. The first-order valence-corrected chi connectivity index (χ1v) is 40.7. The molecule has 0 saturated carbocycles. The molecule has 0 heterocycles. The van der Waals surface area contributed by atoms with E-state index in [1.807, 2.05) is 0 Å². The van der Waals surface area contributed by atoms with E-state index in [4.69, 9.17) is 37.0 Å². The molecule has 6 atom stereocenters. The van der Waals surface area contributed by atoms with Gasteiger partial charge in [-0.3, -0.25) is 37.3 Å². The highest BCUT2D eigenvalue weighted by atomic mass is 31.2. The van der Waals surface area contributed by atoms with Crippen LogP contribution in [0.4, 0.5) is 0 Å². The summed E-state index contributed by atoms with van der Waals surface area (Å²) in [6.45, 7) is 7.21. The fraction of sp³-hybridized carbons (Fsp3) is 0.944. The fourth-order valence-electron chi connectivity index (χ4n) is 11.0. The Balaban J connectivity index is 5.23. The highest BCUT2D eigenvalue weighted by Crippen LogP contribution is 2.45. The van der Waals surface area contributed by atoms with Gasteiger partial charge in [0, 0.05) is 25.7 Å². The molecule has 0 saturated heterocycles. The van der Waals surface area contributed by atoms with E-state index >= 15 is 0 Å². The number of unbranched alkanes of at least 4 members (excludes halogenated alkanes) is 43. The lowest BCUT2D eigenvalue weighted by Crippen LogP contribution is -2.30. The van der Waals surface area contributed by atoms with E-state index in [0.29, 0.717) is 25.7 Å². The van der Waals surface area contributed by atoms with Crippen LogP contribution in [0.15, 0.2) is 0 Å². The third-order valence-corrected chi connectivity index (χ3v) is 19.0. The largest absolute Gasteiger partial charge is 0.472 e. The predicted octanol–water partition coefficient (Wildman–Crippen LogP) is 20.9. The maximum Gasteiger partial charge on any atom is 0.472 e. The van der Waals surface area contributed by atoms with Crippen molar-refractivity contribution >= 4 is 39.5 Å². The monoisotopic (exact) mass is 1340 g/mol. The fourth-order valence-corrected chi connectivity index (χ4v) is 12.5. The minimum atomic E-state index is -4.95. The zero-order valence-corrected chi connectivity index (χ0v) is 60.8. The van der Waals surface area contributed by atoms with Gasteiger partial charge in [-0.25, -0.2) is 9.13 Å². The molecule has 3 N–H and O–H groups in total. The van der Waals surface area contributed by atoms with Gasteiger partial charge in [0.05, 0.1) is 26.4 Å². The van der Waals surface area contributed by atoms with Gasteiger partial charge in [0.1, 0.15) is 19.3 Å². The van der Waals surface area contributed by atoms with E-state index in [1.165, 1.54) is 199 Å². The second-order valence-corrected chi connectivity index (χ2v) is 29.1. The van der Waals surface area contributed by atoms with E-state index in [9.17, 15) is 43.2 Å². The summed E-state index contributed by atoms with van der Waals surface area (Å²) >= 11 is 0. The summed E-state index contributed by atoms with van der Waals surface area (Å²) in [7, 11) is -9.90. The summed E-state index contributed by atoms with van der Waals surface area (Å²) in [6, 6.07) is 0. The normalized spacial score (nSPS) is 14.3. The molecule has 0 fully saturated rings. The van der Waals surface area contributed by atoms with Crippen LogP contribution in [0.3, 0.4) is 0 Å². The second-order valence-electron chi connectivity index (χ2n) is 26.2. The van der Waals surface area contributed by atoms with E-state index in [1.54, 1.807) is 0 Å². The molecule has 0 aromatic rings. The van der Waals surface area contributed by atoms with E-state index in [0.717, 1.165) is 95.8 Å². The van der Waals surface area contributed by atoms with Gasteiger partial charge in [-0.1, -0.05) is 324 Å². The van der Waals surface area contributed by atoms with Crippen LogP contribution in [0.25, 0.3) is 0 Å². The van der Waals surface area contributed by atoms with E-state index < -0.39 is 97.5 Å². The number of esters is 4. The molecule has 19 heteroatoms. The molecule has 0 bridgehead atoms. The van der Waals surface area contributed by atoms with Crippen molar-refractivity contribution in [1.82, 2.24) is 0 Å². The van der Waals surface area contributed by atoms with Gasteiger partial charge in [-0.2, -0.15) is 0 Å². The molecule has 0 aliphatic carbocycles. The maximum atomic E-state index is 13.0. The highest BCUT2D eigenvalue weighted by Gasteiger charge is 2.30. The van der Waals surface area contributed by atoms with Crippen LogP contribution in [0.5, 0.6) is 0 Å². The smallest absolute Gasteiger partial charge is 0.462 e. The average Bonchev–Trinajstić information content (AvgIpc) is 3.30. The first-order valence-electron chi connectivity index (χ1n) is 37.7. The molecular weight excluding hydrogens is 1200 g/mol. The standard InChI is InChI=1S/C72H140O17P2/c1-6-10-13-16-19-22-25-27-29-31-33-35-38-41-47-52-57-71(76)88-67(61-82-70(75)56-51-46-40-37-34-32-30-28-26-23-20-17-14-11-7-2)63-86-90(78,79)84-59-66(73)60-85-91(80,81)87-64-68(89-72(77)58-53-48-43-42-44-49-54-65(5)9-4)62-83-69(74)55-50-45-39-36-24-21-18-15-12-8-3/h65-68,73H,6-64H2,1-5H3,(H,78,79)(H,80,81)/t65?,66-,67-,68-/m1/s1. The Kier molecular flexibility index (Phi) is 64.0. The Morgan fingerprint density at radius 3 is 0.780 bits per heavy atom. The first-order chi connectivity index (χ1) is 44.1. The molecule has 0 radical (unpaired) electrons. The van der Waals surface area contributed by atoms with Crippen LogP contribution < -0.4 is 0 Å². The third kappa shape index (κ3) is 65.1. The summed E-state index contributed by atoms with van der Waals surface area (Å²) in [5, 5.41) is 10.6. The highest BCUT2D eigenvalue weighted by molar-refractivity contribution is 7.47. The van der Waals surface area contributed by atoms with E-state index in [2.05, 4.69) is 34.6 Å². The van der Waals surface area contributed by atoms with Gasteiger partial charge in [0.2, 0.25) is 0 Å². The molecule has 0 aromatic heterocycles. The van der Waals surface area contributed by atoms with Gasteiger partial charge in [-0.15, -0.1) is 0 Å². The number of aliphatic hydroxyl groups is 1. The van der Waals surface area contributed by atoms with Crippen molar-refractivity contribution in [2.24, 2.45) is 5.92 Å². The lowest BCUT2D eigenvalue weighted by molar-refractivity contribution is -0.161. The molecule has 540 valence electrons.